The van der Waals surface area contributed by atoms with E-state index in [1.807, 2.05) is 0 Å². The van der Waals surface area contributed by atoms with Gasteiger partial charge in [0.25, 0.3) is 0 Å². The van der Waals surface area contributed by atoms with Gasteiger partial charge in [-0.1, -0.05) is 29.7 Å². The highest BCUT2D eigenvalue weighted by Gasteiger charge is 2.13. The van der Waals surface area contributed by atoms with Gasteiger partial charge in [0.1, 0.15) is 15.6 Å². The molecule has 0 bridgehead atoms. The quantitative estimate of drug-likeness (QED) is 0.261. The van der Waals surface area contributed by atoms with Crippen molar-refractivity contribution in [3.63, 3.8) is 0 Å². The van der Waals surface area contributed by atoms with Crippen molar-refractivity contribution in [2.75, 3.05) is 18.1 Å². The highest BCUT2D eigenvalue weighted by molar-refractivity contribution is 7.91. The van der Waals surface area contributed by atoms with E-state index in [9.17, 15) is 8.42 Å². The second-order valence-corrected chi connectivity index (χ2v) is 6.92. The second-order valence-electron chi connectivity index (χ2n) is 4.04. The topological polar surface area (TPSA) is 102 Å². The van der Waals surface area contributed by atoms with Gasteiger partial charge in [0.2, 0.25) is 0 Å². The number of benzene rings is 1. The van der Waals surface area contributed by atoms with E-state index in [1.54, 1.807) is 25.1 Å². The van der Waals surface area contributed by atoms with Crippen LogP contribution in [0.25, 0.3) is 0 Å². The Balaban J connectivity index is 2.72. The minimum atomic E-state index is -3.01. The number of ether oxygens (including phenoxy) is 1. The second kappa shape index (κ2) is 7.35. The maximum absolute atomic E-state index is 11.3. The summed E-state index contributed by atoms with van der Waals surface area (Å²) in [7, 11) is -3.01. The van der Waals surface area contributed by atoms with Crippen molar-refractivity contribution in [1.29, 1.82) is 0 Å². The van der Waals surface area contributed by atoms with Crippen LogP contribution in [0.15, 0.2) is 23.4 Å². The Morgan fingerprint density at radius 2 is 2.20 bits per heavy atom. The Hall–Kier alpha value is -1.47. The molecule has 1 rings (SSSR count). The van der Waals surface area contributed by atoms with E-state index in [1.165, 1.54) is 0 Å². The molecule has 0 radical (unpaired) electrons. The molecule has 0 spiro atoms. The normalized spacial score (nSPS) is 12.4. The van der Waals surface area contributed by atoms with Crippen molar-refractivity contribution in [2.24, 2.45) is 10.9 Å². The zero-order valence-corrected chi connectivity index (χ0v) is 12.6. The molecule has 0 aromatic heterocycles. The fourth-order valence-corrected chi connectivity index (χ4v) is 2.64. The lowest BCUT2D eigenvalue weighted by Crippen LogP contribution is -2.17. The predicted octanol–water partition coefficient (Wildman–Crippen LogP) is 1.64. The summed E-state index contributed by atoms with van der Waals surface area (Å²) >= 11 is 5.96. The monoisotopic (exact) mass is 320 g/mol. The number of rotatable bonds is 7. The van der Waals surface area contributed by atoms with Crippen LogP contribution in [0.5, 0.6) is 5.75 Å². The molecular weight excluding hydrogens is 304 g/mol. The number of hydrogen-bond acceptors (Lipinski definition) is 5. The Morgan fingerprint density at radius 3 is 2.80 bits per heavy atom. The van der Waals surface area contributed by atoms with Crippen molar-refractivity contribution < 1.29 is 18.4 Å². The summed E-state index contributed by atoms with van der Waals surface area (Å²) in [6.07, 6.45) is 0.359. The predicted molar refractivity (Wildman–Crippen MR) is 78.4 cm³/mol. The average molecular weight is 321 g/mol. The lowest BCUT2D eigenvalue weighted by molar-refractivity contribution is 0.311. The van der Waals surface area contributed by atoms with E-state index in [0.29, 0.717) is 17.2 Å². The van der Waals surface area contributed by atoms with E-state index in [2.05, 4.69) is 5.16 Å². The van der Waals surface area contributed by atoms with Crippen molar-refractivity contribution in [3.05, 3.63) is 28.8 Å². The van der Waals surface area contributed by atoms with Crippen molar-refractivity contribution >= 4 is 27.3 Å². The molecule has 0 aliphatic heterocycles. The molecule has 8 heteroatoms. The van der Waals surface area contributed by atoms with Gasteiger partial charge in [0, 0.05) is 5.75 Å². The number of nitrogens with zero attached hydrogens (tertiary/aromatic N) is 1. The van der Waals surface area contributed by atoms with Crippen LogP contribution < -0.4 is 10.5 Å². The number of sulfone groups is 1. The Kier molecular flexibility index (Phi) is 6.09. The number of amidine groups is 1. The first-order valence-corrected chi connectivity index (χ1v) is 8.21. The average Bonchev–Trinajstić information content (AvgIpc) is 2.43. The van der Waals surface area contributed by atoms with Gasteiger partial charge in [-0.3, -0.25) is 0 Å². The molecule has 112 valence electrons. The zero-order valence-electron chi connectivity index (χ0n) is 11.0. The molecule has 0 aliphatic rings. The smallest absolute Gasteiger partial charge is 0.175 e. The highest BCUT2D eigenvalue weighted by Crippen LogP contribution is 2.26. The number of hydrogen-bond donors (Lipinski definition) is 2. The Morgan fingerprint density at radius 1 is 1.50 bits per heavy atom. The van der Waals surface area contributed by atoms with Gasteiger partial charge in [0.05, 0.1) is 22.9 Å². The molecular formula is C12H17ClN2O4S. The van der Waals surface area contributed by atoms with Crippen LogP contribution in [0.2, 0.25) is 5.02 Å². The van der Waals surface area contributed by atoms with Gasteiger partial charge in [-0.2, -0.15) is 0 Å². The summed E-state index contributed by atoms with van der Waals surface area (Å²) in [5.41, 5.74) is 5.82. The lowest BCUT2D eigenvalue weighted by atomic mass is 10.2. The standard InChI is InChI=1S/C12H17ClN2O4S/c1-2-20(17,18)8-4-7-19-10-6-3-5-9(13)11(10)12(14)15-16/h3,5-6,16H,2,4,7-8H2,1H3,(H2,14,15). The summed E-state index contributed by atoms with van der Waals surface area (Å²) in [6, 6.07) is 4.87. The number of oxime groups is 1. The molecule has 0 heterocycles. The van der Waals surface area contributed by atoms with Crippen LogP contribution >= 0.6 is 11.6 Å². The largest absolute Gasteiger partial charge is 0.493 e. The third-order valence-electron chi connectivity index (χ3n) is 2.64. The fourth-order valence-electron chi connectivity index (χ4n) is 1.53. The van der Waals surface area contributed by atoms with Crippen LogP contribution in [0.1, 0.15) is 18.9 Å². The minimum Gasteiger partial charge on any atom is -0.493 e. The van der Waals surface area contributed by atoms with Crippen LogP contribution in [0, 0.1) is 0 Å². The Bertz CT molecular complexity index is 587. The van der Waals surface area contributed by atoms with Gasteiger partial charge in [-0.25, -0.2) is 8.42 Å². The molecule has 0 amide bonds. The summed E-state index contributed by atoms with van der Waals surface area (Å²) in [4.78, 5) is 0. The molecule has 3 N–H and O–H groups in total. The van der Waals surface area contributed by atoms with Crippen LogP contribution in [0.3, 0.4) is 0 Å². The molecule has 6 nitrogen and oxygen atoms in total. The lowest BCUT2D eigenvalue weighted by Gasteiger charge is -2.11. The fraction of sp³-hybridized carbons (Fsp3) is 0.417. The van der Waals surface area contributed by atoms with Gasteiger partial charge >= 0.3 is 0 Å². The molecule has 20 heavy (non-hydrogen) atoms. The van der Waals surface area contributed by atoms with Crippen molar-refractivity contribution in [2.45, 2.75) is 13.3 Å². The third-order valence-corrected chi connectivity index (χ3v) is 4.74. The van der Waals surface area contributed by atoms with E-state index in [-0.39, 0.29) is 29.5 Å². The molecule has 1 aromatic carbocycles. The number of nitrogens with two attached hydrogens (primary N) is 1. The first kappa shape index (κ1) is 16.6. The van der Waals surface area contributed by atoms with E-state index in [0.717, 1.165) is 0 Å². The summed E-state index contributed by atoms with van der Waals surface area (Å²) in [5, 5.41) is 11.9. The van der Waals surface area contributed by atoms with Gasteiger partial charge < -0.3 is 15.7 Å². The summed E-state index contributed by atoms with van der Waals surface area (Å²) < 4.78 is 28.1. The SMILES string of the molecule is CCS(=O)(=O)CCCOc1cccc(Cl)c1/C(N)=N/O. The first-order chi connectivity index (χ1) is 9.41. The first-order valence-electron chi connectivity index (χ1n) is 6.01. The van der Waals surface area contributed by atoms with E-state index in [4.69, 9.17) is 27.3 Å². The van der Waals surface area contributed by atoms with Crippen molar-refractivity contribution in [1.82, 2.24) is 0 Å². The zero-order chi connectivity index (χ0) is 15.2. The number of halogens is 1. The van der Waals surface area contributed by atoms with Crippen molar-refractivity contribution in [3.8, 4) is 5.75 Å². The van der Waals surface area contributed by atoms with Gasteiger partial charge in [-0.05, 0) is 18.6 Å². The molecule has 0 atom stereocenters. The van der Waals surface area contributed by atoms with E-state index >= 15 is 0 Å². The summed E-state index contributed by atoms with van der Waals surface area (Å²) in [6.45, 7) is 1.80. The maximum atomic E-state index is 11.3. The molecule has 0 aliphatic carbocycles. The molecule has 1 aromatic rings. The van der Waals surface area contributed by atoms with Gasteiger partial charge in [-0.15, -0.1) is 0 Å². The molecule has 0 unspecified atom stereocenters. The molecule has 0 saturated heterocycles. The van der Waals surface area contributed by atoms with Gasteiger partial charge in [0.15, 0.2) is 5.84 Å². The van der Waals surface area contributed by atoms with Crippen LogP contribution in [-0.2, 0) is 9.84 Å². The Labute approximate surface area is 123 Å². The molecule has 0 fully saturated rings. The minimum absolute atomic E-state index is 0.0585. The van der Waals surface area contributed by atoms with E-state index < -0.39 is 9.84 Å². The molecule has 0 saturated carbocycles. The third kappa shape index (κ3) is 4.57. The van der Waals surface area contributed by atoms with Crippen LogP contribution in [0.4, 0.5) is 0 Å². The maximum Gasteiger partial charge on any atom is 0.175 e. The van der Waals surface area contributed by atoms with Crippen LogP contribution in [-0.4, -0.2) is 37.6 Å². The summed E-state index contributed by atoms with van der Waals surface area (Å²) in [5.74, 6) is 0.358. The highest BCUT2D eigenvalue weighted by atomic mass is 35.5.